The van der Waals surface area contributed by atoms with E-state index in [1.165, 1.54) is 24.8 Å². The Hall–Kier alpha value is 0.0169. The Kier molecular flexibility index (Phi) is 5.17. The predicted octanol–water partition coefficient (Wildman–Crippen LogP) is 3.33. The first kappa shape index (κ1) is 13.1. The van der Waals surface area contributed by atoms with Crippen molar-refractivity contribution in [1.29, 1.82) is 0 Å². The van der Waals surface area contributed by atoms with Crippen molar-refractivity contribution in [2.45, 2.75) is 31.2 Å². The van der Waals surface area contributed by atoms with Gasteiger partial charge in [-0.05, 0) is 29.2 Å². The largest absolute Gasteiger partial charge is 0.126 e. The normalized spacial score (nSPS) is 15.1. The fourth-order valence-corrected chi connectivity index (χ4v) is 2.81. The summed E-state index contributed by atoms with van der Waals surface area (Å²) in [6, 6.07) is 8.16. The van der Waals surface area contributed by atoms with Gasteiger partial charge < -0.3 is 0 Å². The molecule has 0 amide bonds. The maximum Gasteiger partial charge on any atom is 0.0406 e. The molecular formula is C12H18Cl2Si. The lowest BCUT2D eigenvalue weighted by molar-refractivity contribution is 0.571. The molecule has 0 radical (unpaired) electrons. The van der Waals surface area contributed by atoms with Gasteiger partial charge in [-0.2, -0.15) is 0 Å². The van der Waals surface area contributed by atoms with E-state index in [-0.39, 0.29) is 5.04 Å². The average Bonchev–Trinajstić information content (AvgIpc) is 2.27. The van der Waals surface area contributed by atoms with Gasteiger partial charge in [0.05, 0.1) is 0 Å². The molecule has 0 heterocycles. The Labute approximate surface area is 105 Å². The number of alkyl halides is 1. The number of unbranched alkanes of at least 4 members (excludes halogenated alkanes) is 1. The van der Waals surface area contributed by atoms with Gasteiger partial charge in [0.25, 0.3) is 0 Å². The minimum atomic E-state index is 0.224. The van der Waals surface area contributed by atoms with Crippen molar-refractivity contribution in [3.63, 3.8) is 0 Å². The molecule has 0 N–H and O–H groups in total. The molecule has 1 atom stereocenters. The summed E-state index contributed by atoms with van der Waals surface area (Å²) < 4.78 is 0. The highest BCUT2D eigenvalue weighted by atomic mass is 35.5. The second-order valence-corrected chi connectivity index (χ2v) is 6.92. The first-order valence-electron chi connectivity index (χ1n) is 5.44. The number of hydrogen-bond donors (Lipinski definition) is 0. The zero-order valence-electron chi connectivity index (χ0n) is 9.39. The van der Waals surface area contributed by atoms with E-state index in [1.54, 1.807) is 0 Å². The molecule has 0 saturated heterocycles. The van der Waals surface area contributed by atoms with Crippen LogP contribution in [0.1, 0.15) is 31.7 Å². The highest BCUT2D eigenvalue weighted by Crippen LogP contribution is 2.29. The fraction of sp³-hybridized carbons (Fsp3) is 0.500. The quantitative estimate of drug-likeness (QED) is 0.563. The van der Waals surface area contributed by atoms with Gasteiger partial charge in [0.1, 0.15) is 0 Å². The van der Waals surface area contributed by atoms with E-state index in [0.29, 0.717) is 0 Å². The van der Waals surface area contributed by atoms with E-state index < -0.39 is 0 Å². The number of rotatable bonds is 5. The standard InChI is InChI=1S/C12H18Cl2Si/c1-2-3-8-12(15,9-13)10-4-6-11(14)7-5-10/h4-7H,2-3,8-9H2,1,15H3. The molecule has 0 saturated carbocycles. The van der Waals surface area contributed by atoms with Gasteiger partial charge in [-0.3, -0.25) is 0 Å². The predicted molar refractivity (Wildman–Crippen MR) is 73.3 cm³/mol. The third kappa shape index (κ3) is 3.51. The number of halogens is 2. The summed E-state index contributed by atoms with van der Waals surface area (Å²) in [5.74, 6) is 0.723. The van der Waals surface area contributed by atoms with Crippen LogP contribution in [0.15, 0.2) is 24.3 Å². The lowest BCUT2D eigenvalue weighted by Gasteiger charge is -2.27. The molecule has 1 rings (SSSR count). The van der Waals surface area contributed by atoms with Crippen molar-refractivity contribution >= 4 is 33.4 Å². The Morgan fingerprint density at radius 2 is 1.87 bits per heavy atom. The molecule has 0 aliphatic rings. The number of benzene rings is 1. The van der Waals surface area contributed by atoms with Crippen molar-refractivity contribution in [2.24, 2.45) is 0 Å². The SMILES string of the molecule is CCCCC([SiH3])(CCl)c1ccc(Cl)cc1. The Morgan fingerprint density at radius 1 is 1.27 bits per heavy atom. The van der Waals surface area contributed by atoms with Crippen LogP contribution in [0.2, 0.25) is 5.02 Å². The topological polar surface area (TPSA) is 0 Å². The highest BCUT2D eigenvalue weighted by Gasteiger charge is 2.24. The van der Waals surface area contributed by atoms with Gasteiger partial charge in [0, 0.05) is 21.1 Å². The molecule has 1 unspecified atom stereocenters. The molecule has 0 aliphatic carbocycles. The molecule has 0 aliphatic heterocycles. The molecule has 0 nitrogen and oxygen atoms in total. The van der Waals surface area contributed by atoms with Crippen molar-refractivity contribution < 1.29 is 0 Å². The average molecular weight is 261 g/mol. The summed E-state index contributed by atoms with van der Waals surface area (Å²) in [7, 11) is 1.09. The van der Waals surface area contributed by atoms with E-state index in [1.807, 2.05) is 12.1 Å². The van der Waals surface area contributed by atoms with Crippen LogP contribution in [0.4, 0.5) is 0 Å². The van der Waals surface area contributed by atoms with Crippen molar-refractivity contribution in [3.8, 4) is 0 Å². The monoisotopic (exact) mass is 260 g/mol. The van der Waals surface area contributed by atoms with Crippen LogP contribution in [0.3, 0.4) is 0 Å². The minimum Gasteiger partial charge on any atom is -0.126 e. The molecule has 0 fully saturated rings. The second kappa shape index (κ2) is 5.93. The molecule has 1 aromatic carbocycles. The smallest absolute Gasteiger partial charge is 0.0406 e. The summed E-state index contributed by atoms with van der Waals surface area (Å²) in [5.41, 5.74) is 1.35. The summed E-state index contributed by atoms with van der Waals surface area (Å²) >= 11 is 12.0. The van der Waals surface area contributed by atoms with Crippen molar-refractivity contribution in [1.82, 2.24) is 0 Å². The third-order valence-corrected chi connectivity index (χ3v) is 5.64. The molecule has 0 bridgehead atoms. The van der Waals surface area contributed by atoms with Crippen LogP contribution in [-0.4, -0.2) is 16.1 Å². The van der Waals surface area contributed by atoms with E-state index in [9.17, 15) is 0 Å². The van der Waals surface area contributed by atoms with Gasteiger partial charge >= 0.3 is 0 Å². The Morgan fingerprint density at radius 3 is 2.33 bits per heavy atom. The van der Waals surface area contributed by atoms with Crippen LogP contribution < -0.4 is 0 Å². The molecular weight excluding hydrogens is 243 g/mol. The molecule has 1 aromatic rings. The first-order chi connectivity index (χ1) is 7.12. The first-order valence-corrected chi connectivity index (χ1v) is 7.35. The van der Waals surface area contributed by atoms with Crippen molar-refractivity contribution in [2.75, 3.05) is 5.88 Å². The van der Waals surface area contributed by atoms with E-state index in [0.717, 1.165) is 21.1 Å². The lowest BCUT2D eigenvalue weighted by Crippen LogP contribution is -2.28. The molecule has 0 spiro atoms. The van der Waals surface area contributed by atoms with Crippen LogP contribution in [0, 0.1) is 0 Å². The van der Waals surface area contributed by atoms with E-state index >= 15 is 0 Å². The van der Waals surface area contributed by atoms with Crippen LogP contribution >= 0.6 is 23.2 Å². The van der Waals surface area contributed by atoms with E-state index in [2.05, 4.69) is 19.1 Å². The molecule has 84 valence electrons. The molecule has 0 aromatic heterocycles. The van der Waals surface area contributed by atoms with Gasteiger partial charge in [-0.1, -0.05) is 43.5 Å². The van der Waals surface area contributed by atoms with E-state index in [4.69, 9.17) is 23.2 Å². The minimum absolute atomic E-state index is 0.224. The summed E-state index contributed by atoms with van der Waals surface area (Å²) in [6.07, 6.45) is 3.67. The van der Waals surface area contributed by atoms with Crippen LogP contribution in [0.25, 0.3) is 0 Å². The Bertz CT molecular complexity index is 297. The van der Waals surface area contributed by atoms with Gasteiger partial charge in [0.2, 0.25) is 0 Å². The van der Waals surface area contributed by atoms with Crippen LogP contribution in [0.5, 0.6) is 0 Å². The van der Waals surface area contributed by atoms with Gasteiger partial charge in [0.15, 0.2) is 0 Å². The summed E-state index contributed by atoms with van der Waals surface area (Å²) in [6.45, 7) is 2.22. The number of hydrogen-bond acceptors (Lipinski definition) is 0. The maximum absolute atomic E-state index is 6.12. The van der Waals surface area contributed by atoms with Crippen molar-refractivity contribution in [3.05, 3.63) is 34.9 Å². The second-order valence-electron chi connectivity index (χ2n) is 4.30. The van der Waals surface area contributed by atoms with Crippen LogP contribution in [-0.2, 0) is 5.04 Å². The maximum atomic E-state index is 6.12. The fourth-order valence-electron chi connectivity index (χ4n) is 1.71. The zero-order valence-corrected chi connectivity index (χ0v) is 12.9. The Balaban J connectivity index is 2.85. The third-order valence-electron chi connectivity index (χ3n) is 2.92. The van der Waals surface area contributed by atoms with Gasteiger partial charge in [-0.15, -0.1) is 11.6 Å². The lowest BCUT2D eigenvalue weighted by atomic mass is 9.94. The van der Waals surface area contributed by atoms with Gasteiger partial charge in [-0.25, -0.2) is 0 Å². The highest BCUT2D eigenvalue weighted by molar-refractivity contribution is 6.30. The summed E-state index contributed by atoms with van der Waals surface area (Å²) in [5, 5.41) is 1.02. The molecule has 3 heteroatoms. The molecule has 15 heavy (non-hydrogen) atoms. The zero-order chi connectivity index (χ0) is 11.3. The summed E-state index contributed by atoms with van der Waals surface area (Å²) in [4.78, 5) is 0.